The minimum atomic E-state index is -0.331. The summed E-state index contributed by atoms with van der Waals surface area (Å²) in [7, 11) is 0. The maximum atomic E-state index is 12.3. The molecule has 0 N–H and O–H groups in total. The fraction of sp³-hybridized carbons (Fsp3) is 0.846. The zero-order chi connectivity index (χ0) is 13.4. The number of carbonyl (C=O) groups excluding carboxylic acids is 2. The summed E-state index contributed by atoms with van der Waals surface area (Å²) in [6.45, 7) is 6.21. The standard InChI is InChI=1S/C13H24N2O3/c1-3-14(11-12(16)18-4-2)13(17)15-9-7-5-6-8-10-15/h3-11H2,1-2H3. The summed E-state index contributed by atoms with van der Waals surface area (Å²) in [5.74, 6) is -0.331. The topological polar surface area (TPSA) is 49.9 Å². The lowest BCUT2D eigenvalue weighted by atomic mass is 10.2. The van der Waals surface area contributed by atoms with Crippen LogP contribution in [0.1, 0.15) is 39.5 Å². The van der Waals surface area contributed by atoms with Crippen LogP contribution in [-0.4, -0.2) is 54.6 Å². The molecule has 0 unspecified atom stereocenters. The molecule has 1 aliphatic rings. The molecule has 0 atom stereocenters. The number of rotatable bonds is 4. The molecule has 0 saturated carbocycles. The Morgan fingerprint density at radius 3 is 2.22 bits per heavy atom. The Labute approximate surface area is 109 Å². The monoisotopic (exact) mass is 256 g/mol. The molecule has 5 nitrogen and oxygen atoms in total. The van der Waals surface area contributed by atoms with Gasteiger partial charge in [0, 0.05) is 19.6 Å². The van der Waals surface area contributed by atoms with Crippen LogP contribution in [-0.2, 0) is 9.53 Å². The van der Waals surface area contributed by atoms with E-state index in [-0.39, 0.29) is 18.5 Å². The van der Waals surface area contributed by atoms with Crippen molar-refractivity contribution in [1.29, 1.82) is 0 Å². The van der Waals surface area contributed by atoms with Gasteiger partial charge in [-0.1, -0.05) is 12.8 Å². The molecule has 0 bridgehead atoms. The van der Waals surface area contributed by atoms with E-state index in [2.05, 4.69) is 0 Å². The van der Waals surface area contributed by atoms with Crippen LogP contribution in [0.4, 0.5) is 4.79 Å². The summed E-state index contributed by atoms with van der Waals surface area (Å²) in [6, 6.07) is -0.0348. The van der Waals surface area contributed by atoms with Crippen LogP contribution < -0.4 is 0 Å². The number of nitrogens with zero attached hydrogens (tertiary/aromatic N) is 2. The summed E-state index contributed by atoms with van der Waals surface area (Å²) in [4.78, 5) is 27.1. The van der Waals surface area contributed by atoms with Crippen molar-refractivity contribution >= 4 is 12.0 Å². The molecule has 104 valence electrons. The van der Waals surface area contributed by atoms with Crippen molar-refractivity contribution in [2.24, 2.45) is 0 Å². The first-order chi connectivity index (χ1) is 8.69. The normalized spacial score (nSPS) is 16.0. The number of likely N-dealkylation sites (tertiary alicyclic amines) is 1. The van der Waals surface area contributed by atoms with E-state index in [4.69, 9.17) is 4.74 Å². The smallest absolute Gasteiger partial charge is 0.325 e. The zero-order valence-corrected chi connectivity index (χ0v) is 11.5. The van der Waals surface area contributed by atoms with E-state index in [1.54, 1.807) is 11.8 Å². The van der Waals surface area contributed by atoms with E-state index in [0.717, 1.165) is 25.9 Å². The molecule has 5 heteroatoms. The molecular weight excluding hydrogens is 232 g/mol. The lowest BCUT2D eigenvalue weighted by molar-refractivity contribution is -0.143. The van der Waals surface area contributed by atoms with Crippen molar-refractivity contribution in [3.05, 3.63) is 0 Å². The highest BCUT2D eigenvalue weighted by Crippen LogP contribution is 2.11. The number of hydrogen-bond donors (Lipinski definition) is 0. The van der Waals surface area contributed by atoms with Gasteiger partial charge in [0.05, 0.1) is 6.61 Å². The van der Waals surface area contributed by atoms with Gasteiger partial charge in [0.2, 0.25) is 0 Å². The minimum Gasteiger partial charge on any atom is -0.465 e. The van der Waals surface area contributed by atoms with Gasteiger partial charge in [-0.15, -0.1) is 0 Å². The van der Waals surface area contributed by atoms with Gasteiger partial charge in [0.15, 0.2) is 0 Å². The Balaban J connectivity index is 2.51. The molecule has 0 radical (unpaired) electrons. The van der Waals surface area contributed by atoms with Crippen molar-refractivity contribution in [1.82, 2.24) is 9.80 Å². The number of amides is 2. The summed E-state index contributed by atoms with van der Waals surface area (Å²) >= 11 is 0. The maximum Gasteiger partial charge on any atom is 0.325 e. The highest BCUT2D eigenvalue weighted by Gasteiger charge is 2.22. The number of urea groups is 1. The average Bonchev–Trinajstić information content (AvgIpc) is 2.64. The first-order valence-electron chi connectivity index (χ1n) is 6.88. The molecule has 1 heterocycles. The van der Waals surface area contributed by atoms with Crippen molar-refractivity contribution in [3.63, 3.8) is 0 Å². The van der Waals surface area contributed by atoms with E-state index in [0.29, 0.717) is 13.2 Å². The Morgan fingerprint density at radius 1 is 1.11 bits per heavy atom. The molecule has 1 saturated heterocycles. The second-order valence-electron chi connectivity index (χ2n) is 4.50. The highest BCUT2D eigenvalue weighted by molar-refractivity contribution is 5.81. The van der Waals surface area contributed by atoms with E-state index in [1.165, 1.54) is 12.8 Å². The average molecular weight is 256 g/mol. The first kappa shape index (κ1) is 14.8. The lowest BCUT2D eigenvalue weighted by Gasteiger charge is -2.28. The molecule has 0 aromatic rings. The van der Waals surface area contributed by atoms with Crippen molar-refractivity contribution < 1.29 is 14.3 Å². The van der Waals surface area contributed by atoms with Crippen LogP contribution in [0.25, 0.3) is 0 Å². The summed E-state index contributed by atoms with van der Waals surface area (Å²) in [6.07, 6.45) is 4.49. The van der Waals surface area contributed by atoms with Crippen LogP contribution in [0.3, 0.4) is 0 Å². The number of hydrogen-bond acceptors (Lipinski definition) is 3. The summed E-state index contributed by atoms with van der Waals surface area (Å²) in [5, 5.41) is 0. The van der Waals surface area contributed by atoms with Crippen molar-refractivity contribution in [2.45, 2.75) is 39.5 Å². The number of esters is 1. The Morgan fingerprint density at radius 2 is 1.72 bits per heavy atom. The number of carbonyl (C=O) groups is 2. The molecule has 18 heavy (non-hydrogen) atoms. The Hall–Kier alpha value is -1.26. The maximum absolute atomic E-state index is 12.3. The zero-order valence-electron chi connectivity index (χ0n) is 11.5. The van der Waals surface area contributed by atoms with Crippen LogP contribution in [0.2, 0.25) is 0 Å². The molecule has 0 spiro atoms. The molecule has 1 rings (SSSR count). The molecule has 0 aliphatic carbocycles. The van der Waals surface area contributed by atoms with Gasteiger partial charge in [-0.2, -0.15) is 0 Å². The van der Waals surface area contributed by atoms with Gasteiger partial charge >= 0.3 is 12.0 Å². The second kappa shape index (κ2) is 7.95. The highest BCUT2D eigenvalue weighted by atomic mass is 16.5. The predicted molar refractivity (Wildman–Crippen MR) is 69.3 cm³/mol. The fourth-order valence-corrected chi connectivity index (χ4v) is 2.14. The van der Waals surface area contributed by atoms with Gasteiger partial charge in [-0.25, -0.2) is 4.79 Å². The third kappa shape index (κ3) is 4.55. The quantitative estimate of drug-likeness (QED) is 0.721. The number of ether oxygens (including phenoxy) is 1. The van der Waals surface area contributed by atoms with Crippen molar-refractivity contribution in [3.8, 4) is 0 Å². The number of likely N-dealkylation sites (N-methyl/N-ethyl adjacent to an activating group) is 1. The largest absolute Gasteiger partial charge is 0.465 e. The second-order valence-corrected chi connectivity index (χ2v) is 4.50. The van der Waals surface area contributed by atoms with E-state index in [1.807, 2.05) is 11.8 Å². The molecule has 2 amide bonds. The summed E-state index contributed by atoms with van der Waals surface area (Å²) < 4.78 is 4.89. The van der Waals surface area contributed by atoms with Gasteiger partial charge in [-0.3, -0.25) is 4.79 Å². The Bertz CT molecular complexity index is 273. The molecule has 0 aromatic carbocycles. The lowest BCUT2D eigenvalue weighted by Crippen LogP contribution is -2.45. The molecule has 1 fully saturated rings. The molecule has 0 aromatic heterocycles. The SMILES string of the molecule is CCOC(=O)CN(CC)C(=O)N1CCCCCC1. The van der Waals surface area contributed by atoms with Crippen LogP contribution in [0, 0.1) is 0 Å². The van der Waals surface area contributed by atoms with E-state index >= 15 is 0 Å². The van der Waals surface area contributed by atoms with Gasteiger partial charge < -0.3 is 14.5 Å². The van der Waals surface area contributed by atoms with Crippen molar-refractivity contribution in [2.75, 3.05) is 32.8 Å². The third-order valence-electron chi connectivity index (χ3n) is 3.15. The van der Waals surface area contributed by atoms with Crippen LogP contribution in [0.5, 0.6) is 0 Å². The van der Waals surface area contributed by atoms with Gasteiger partial charge in [-0.05, 0) is 26.7 Å². The first-order valence-corrected chi connectivity index (χ1v) is 6.88. The minimum absolute atomic E-state index is 0.0348. The predicted octanol–water partition coefficient (Wildman–Crippen LogP) is 1.87. The summed E-state index contributed by atoms with van der Waals surface area (Å²) in [5.41, 5.74) is 0. The van der Waals surface area contributed by atoms with E-state index < -0.39 is 0 Å². The molecular formula is C13H24N2O3. The van der Waals surface area contributed by atoms with E-state index in [9.17, 15) is 9.59 Å². The van der Waals surface area contributed by atoms with Gasteiger partial charge in [0.1, 0.15) is 6.54 Å². The third-order valence-corrected chi connectivity index (χ3v) is 3.15. The van der Waals surface area contributed by atoms with Gasteiger partial charge in [0.25, 0.3) is 0 Å². The van der Waals surface area contributed by atoms with Crippen LogP contribution >= 0.6 is 0 Å². The molecule has 1 aliphatic heterocycles. The van der Waals surface area contributed by atoms with Crippen LogP contribution in [0.15, 0.2) is 0 Å². The fourth-order valence-electron chi connectivity index (χ4n) is 2.14. The Kier molecular flexibility index (Phi) is 6.54.